The lowest BCUT2D eigenvalue weighted by atomic mass is 9.78. The molecular formula is C19H20ClNO4. The van der Waals surface area contributed by atoms with E-state index in [1.165, 1.54) is 0 Å². The zero-order valence-electron chi connectivity index (χ0n) is 14.3. The zero-order valence-corrected chi connectivity index (χ0v) is 15.1. The summed E-state index contributed by atoms with van der Waals surface area (Å²) in [5.74, 6) is 1.29. The van der Waals surface area contributed by atoms with Crippen LogP contribution in [0, 0.1) is 5.41 Å². The van der Waals surface area contributed by atoms with Gasteiger partial charge in [-0.1, -0.05) is 43.6 Å². The molecule has 0 radical (unpaired) electrons. The number of hydrogen-bond acceptors (Lipinski definition) is 3. The molecule has 0 aromatic heterocycles. The summed E-state index contributed by atoms with van der Waals surface area (Å²) in [6.45, 7) is 4.39. The van der Waals surface area contributed by atoms with E-state index in [0.29, 0.717) is 23.1 Å². The average molecular weight is 362 g/mol. The van der Waals surface area contributed by atoms with E-state index < -0.39 is 6.09 Å². The van der Waals surface area contributed by atoms with E-state index in [4.69, 9.17) is 26.2 Å². The Kier molecular flexibility index (Phi) is 4.52. The molecule has 1 amide bonds. The van der Waals surface area contributed by atoms with Crippen molar-refractivity contribution >= 4 is 17.7 Å². The number of methoxy groups -OCH3 is 1. The highest BCUT2D eigenvalue weighted by atomic mass is 35.5. The highest BCUT2D eigenvalue weighted by molar-refractivity contribution is 6.32. The maximum Gasteiger partial charge on any atom is 0.405 e. The van der Waals surface area contributed by atoms with Crippen molar-refractivity contribution in [2.45, 2.75) is 19.9 Å². The molecule has 1 atom stereocenters. The Morgan fingerprint density at radius 2 is 1.96 bits per heavy atom. The van der Waals surface area contributed by atoms with Gasteiger partial charge in [-0.25, -0.2) is 4.79 Å². The molecule has 1 aliphatic rings. The molecule has 2 aromatic carbocycles. The Labute approximate surface area is 151 Å². The van der Waals surface area contributed by atoms with Crippen LogP contribution >= 0.6 is 11.6 Å². The number of nitrogens with one attached hydrogen (secondary N) is 1. The van der Waals surface area contributed by atoms with Crippen molar-refractivity contribution in [3.8, 4) is 22.6 Å². The van der Waals surface area contributed by atoms with E-state index in [1.807, 2.05) is 44.2 Å². The molecule has 132 valence electrons. The van der Waals surface area contributed by atoms with Crippen LogP contribution in [0.5, 0.6) is 11.5 Å². The molecule has 1 heterocycles. The molecule has 1 unspecified atom stereocenters. The topological polar surface area (TPSA) is 67.8 Å². The van der Waals surface area contributed by atoms with Crippen molar-refractivity contribution in [1.29, 1.82) is 0 Å². The van der Waals surface area contributed by atoms with Crippen LogP contribution in [0.15, 0.2) is 36.4 Å². The Balaban J connectivity index is 2.01. The smallest absolute Gasteiger partial charge is 0.405 e. The van der Waals surface area contributed by atoms with Gasteiger partial charge in [-0.05, 0) is 29.3 Å². The molecule has 6 heteroatoms. The van der Waals surface area contributed by atoms with Gasteiger partial charge >= 0.3 is 6.09 Å². The largest absolute Gasteiger partial charge is 0.495 e. The molecular weight excluding hydrogens is 342 g/mol. The number of halogens is 1. The molecule has 0 saturated carbocycles. The van der Waals surface area contributed by atoms with E-state index in [0.717, 1.165) is 16.7 Å². The van der Waals surface area contributed by atoms with Gasteiger partial charge < -0.3 is 19.9 Å². The summed E-state index contributed by atoms with van der Waals surface area (Å²) >= 11 is 6.08. The molecule has 2 N–H and O–H groups in total. The number of carbonyl (C=O) groups is 1. The third-order valence-corrected chi connectivity index (χ3v) is 4.77. The number of rotatable bonds is 3. The predicted octanol–water partition coefficient (Wildman–Crippen LogP) is 4.74. The van der Waals surface area contributed by atoms with Crippen LogP contribution in [0.25, 0.3) is 11.1 Å². The number of carboxylic acid groups (broad SMARTS) is 1. The molecule has 0 spiro atoms. The minimum atomic E-state index is -1.04. The third kappa shape index (κ3) is 3.37. The van der Waals surface area contributed by atoms with E-state index >= 15 is 0 Å². The fourth-order valence-electron chi connectivity index (χ4n) is 3.08. The highest BCUT2D eigenvalue weighted by Crippen LogP contribution is 2.44. The molecule has 3 rings (SSSR count). The summed E-state index contributed by atoms with van der Waals surface area (Å²) in [6, 6.07) is 11.0. The van der Waals surface area contributed by atoms with Gasteiger partial charge in [0, 0.05) is 11.0 Å². The van der Waals surface area contributed by atoms with Crippen molar-refractivity contribution in [2.24, 2.45) is 5.41 Å². The summed E-state index contributed by atoms with van der Waals surface area (Å²) < 4.78 is 11.2. The van der Waals surface area contributed by atoms with Crippen molar-refractivity contribution < 1.29 is 19.4 Å². The van der Waals surface area contributed by atoms with Crippen LogP contribution in [0.1, 0.15) is 25.5 Å². The van der Waals surface area contributed by atoms with Gasteiger partial charge in [-0.15, -0.1) is 0 Å². The molecule has 0 aliphatic carbocycles. The first-order valence-electron chi connectivity index (χ1n) is 7.92. The molecule has 0 fully saturated rings. The number of hydrogen-bond donors (Lipinski definition) is 2. The third-order valence-electron chi connectivity index (χ3n) is 4.46. The van der Waals surface area contributed by atoms with Gasteiger partial charge in [0.25, 0.3) is 0 Å². The van der Waals surface area contributed by atoms with Crippen molar-refractivity contribution in [3.05, 3.63) is 47.0 Å². The molecule has 5 nitrogen and oxygen atoms in total. The second-order valence-corrected chi connectivity index (χ2v) is 7.17. The fourth-order valence-corrected chi connectivity index (χ4v) is 3.28. The molecule has 25 heavy (non-hydrogen) atoms. The summed E-state index contributed by atoms with van der Waals surface area (Å²) in [7, 11) is 1.57. The minimum Gasteiger partial charge on any atom is -0.495 e. The molecule has 1 aliphatic heterocycles. The highest BCUT2D eigenvalue weighted by Gasteiger charge is 2.38. The first kappa shape index (κ1) is 17.4. The number of benzene rings is 2. The second-order valence-electron chi connectivity index (χ2n) is 6.76. The molecule has 0 bridgehead atoms. The van der Waals surface area contributed by atoms with Crippen LogP contribution in [0.2, 0.25) is 5.02 Å². The second kappa shape index (κ2) is 6.48. The van der Waals surface area contributed by atoms with Crippen LogP contribution in [0.4, 0.5) is 4.79 Å². The van der Waals surface area contributed by atoms with Gasteiger partial charge in [0.1, 0.15) is 11.5 Å². The van der Waals surface area contributed by atoms with E-state index in [-0.39, 0.29) is 11.5 Å². The zero-order chi connectivity index (χ0) is 18.2. The van der Waals surface area contributed by atoms with Gasteiger partial charge in [-0.3, -0.25) is 0 Å². The van der Waals surface area contributed by atoms with Gasteiger partial charge in [0.15, 0.2) is 0 Å². The first-order chi connectivity index (χ1) is 11.8. The van der Waals surface area contributed by atoms with Gasteiger partial charge in [0.05, 0.1) is 24.8 Å². The number of fused-ring (bicyclic) bond motifs is 1. The number of amides is 1. The lowest BCUT2D eigenvalue weighted by molar-refractivity contribution is 0.0996. The molecule has 0 saturated heterocycles. The van der Waals surface area contributed by atoms with Crippen molar-refractivity contribution in [1.82, 2.24) is 5.32 Å². The van der Waals surface area contributed by atoms with Crippen molar-refractivity contribution in [2.75, 3.05) is 13.7 Å². The van der Waals surface area contributed by atoms with E-state index in [9.17, 15) is 4.79 Å². The normalized spacial score (nSPS) is 18.0. The van der Waals surface area contributed by atoms with Crippen LogP contribution in [-0.4, -0.2) is 24.9 Å². The van der Waals surface area contributed by atoms with Gasteiger partial charge in [-0.2, -0.15) is 0 Å². The predicted molar refractivity (Wildman–Crippen MR) is 96.6 cm³/mol. The quantitative estimate of drug-likeness (QED) is 0.828. The summed E-state index contributed by atoms with van der Waals surface area (Å²) in [4.78, 5) is 11.2. The Hall–Kier alpha value is -2.40. The Morgan fingerprint density at radius 1 is 1.28 bits per heavy atom. The minimum absolute atomic E-state index is 0.331. The average Bonchev–Trinajstić information content (AvgIpc) is 2.57. The first-order valence-corrected chi connectivity index (χ1v) is 8.30. The lowest BCUT2D eigenvalue weighted by Crippen LogP contribution is -2.43. The standard InChI is InChI=1S/C19H20ClNO4/c1-19(2)10-25-15-8-11(4-6-13(15)17(19)21-18(22)23)12-5-7-14(20)16(9-12)24-3/h4-9,17,21H,10H2,1-3H3,(H,22,23). The van der Waals surface area contributed by atoms with E-state index in [1.54, 1.807) is 13.2 Å². The summed E-state index contributed by atoms with van der Waals surface area (Å²) in [5.41, 5.74) is 2.39. The Bertz CT molecular complexity index is 819. The Morgan fingerprint density at radius 3 is 2.64 bits per heavy atom. The maximum absolute atomic E-state index is 11.2. The van der Waals surface area contributed by atoms with Crippen molar-refractivity contribution in [3.63, 3.8) is 0 Å². The monoisotopic (exact) mass is 361 g/mol. The van der Waals surface area contributed by atoms with Crippen LogP contribution in [0.3, 0.4) is 0 Å². The fraction of sp³-hybridized carbons (Fsp3) is 0.316. The van der Waals surface area contributed by atoms with Gasteiger partial charge in [0.2, 0.25) is 0 Å². The van der Waals surface area contributed by atoms with Crippen LogP contribution < -0.4 is 14.8 Å². The lowest BCUT2D eigenvalue weighted by Gasteiger charge is -2.39. The summed E-state index contributed by atoms with van der Waals surface area (Å²) in [5, 5.41) is 12.3. The van der Waals surface area contributed by atoms with E-state index in [2.05, 4.69) is 5.32 Å². The molecule has 2 aromatic rings. The van der Waals surface area contributed by atoms with Crippen LogP contribution in [-0.2, 0) is 0 Å². The number of ether oxygens (including phenoxy) is 2. The maximum atomic E-state index is 11.2. The SMILES string of the molecule is COc1cc(-c2ccc3c(c2)OCC(C)(C)C3NC(=O)O)ccc1Cl. The summed E-state index contributed by atoms with van der Waals surface area (Å²) in [6.07, 6.45) is -1.04.